The third-order valence-electron chi connectivity index (χ3n) is 4.17. The van der Waals surface area contributed by atoms with Gasteiger partial charge in [-0.1, -0.05) is 6.07 Å². The van der Waals surface area contributed by atoms with E-state index in [0.29, 0.717) is 24.5 Å². The van der Waals surface area contributed by atoms with Gasteiger partial charge in [-0.3, -0.25) is 10.0 Å². The van der Waals surface area contributed by atoms with Crippen molar-refractivity contribution in [3.8, 4) is 11.3 Å². The molecule has 3 rings (SSSR count). The van der Waals surface area contributed by atoms with Gasteiger partial charge in [0.25, 0.3) is 0 Å². The fraction of sp³-hybridized carbons (Fsp3) is 0.200. The highest BCUT2D eigenvalue weighted by molar-refractivity contribution is 5.74. The fourth-order valence-electron chi connectivity index (χ4n) is 2.69. The second-order valence-electron chi connectivity index (χ2n) is 6.46. The Morgan fingerprint density at radius 1 is 1.06 bits per heavy atom. The molecule has 0 spiro atoms. The molecule has 0 aliphatic rings. The van der Waals surface area contributed by atoms with Crippen LogP contribution in [0.1, 0.15) is 18.4 Å². The second-order valence-corrected chi connectivity index (χ2v) is 6.46. The van der Waals surface area contributed by atoms with E-state index >= 15 is 0 Å². The van der Waals surface area contributed by atoms with Crippen LogP contribution < -0.4 is 16.1 Å². The number of nitrogens with one attached hydrogen (secondary N) is 3. The summed E-state index contributed by atoms with van der Waals surface area (Å²) in [5.74, 6) is 0.247. The molecule has 0 aliphatic carbocycles. The van der Waals surface area contributed by atoms with Crippen molar-refractivity contribution < 1.29 is 23.2 Å². The van der Waals surface area contributed by atoms with Crippen LogP contribution in [0.3, 0.4) is 0 Å². The van der Waals surface area contributed by atoms with Crippen molar-refractivity contribution in [1.82, 2.24) is 20.4 Å². The molecular formula is C20H19F3N6O2. The maximum atomic E-state index is 12.9. The highest BCUT2D eigenvalue weighted by Crippen LogP contribution is 2.31. The summed E-state index contributed by atoms with van der Waals surface area (Å²) in [4.78, 5) is 23.6. The monoisotopic (exact) mass is 432 g/mol. The smallest absolute Gasteiger partial charge is 0.370 e. The lowest BCUT2D eigenvalue weighted by Crippen LogP contribution is -2.19. The van der Waals surface area contributed by atoms with Crippen molar-refractivity contribution in [2.24, 2.45) is 0 Å². The number of carbonyl (C=O) groups excluding carboxylic acids is 1. The van der Waals surface area contributed by atoms with Gasteiger partial charge < -0.3 is 10.6 Å². The quantitative estimate of drug-likeness (QED) is 0.242. The van der Waals surface area contributed by atoms with Crippen LogP contribution in [0, 0.1) is 0 Å². The molecular weight excluding hydrogens is 413 g/mol. The number of alkyl halides is 3. The van der Waals surface area contributed by atoms with Gasteiger partial charge >= 0.3 is 6.18 Å². The fourth-order valence-corrected chi connectivity index (χ4v) is 2.69. The van der Waals surface area contributed by atoms with Crippen molar-refractivity contribution >= 4 is 23.4 Å². The first-order chi connectivity index (χ1) is 14.8. The van der Waals surface area contributed by atoms with E-state index < -0.39 is 17.6 Å². The molecule has 4 N–H and O–H groups in total. The Balaban J connectivity index is 1.70. The Bertz CT molecular complexity index is 1050. The van der Waals surface area contributed by atoms with Crippen molar-refractivity contribution in [2.75, 3.05) is 17.2 Å². The summed E-state index contributed by atoms with van der Waals surface area (Å²) in [7, 11) is 0. The molecule has 1 aromatic carbocycles. The standard InChI is InChI=1S/C20H19F3N6O2/c21-20(22,23)14-3-1-4-15(12-14)27-19-26-10-7-16(28-19)13-6-9-25-17(11-13)24-8-2-5-18(30)29-31/h1,3-4,6-7,9-12,31H,2,5,8H2,(H,24,25)(H,29,30)(H,26,27,28). The third kappa shape index (κ3) is 6.37. The number of rotatable bonds is 8. The minimum absolute atomic E-state index is 0.151. The number of aromatic nitrogens is 3. The Morgan fingerprint density at radius 3 is 2.65 bits per heavy atom. The van der Waals surface area contributed by atoms with Crippen molar-refractivity contribution in [1.29, 1.82) is 0 Å². The lowest BCUT2D eigenvalue weighted by molar-refractivity contribution is -0.137. The second kappa shape index (κ2) is 9.85. The minimum atomic E-state index is -4.44. The molecule has 31 heavy (non-hydrogen) atoms. The first-order valence-corrected chi connectivity index (χ1v) is 9.26. The Morgan fingerprint density at radius 2 is 1.87 bits per heavy atom. The Hall–Kier alpha value is -3.73. The van der Waals surface area contributed by atoms with Crippen LogP contribution in [0.5, 0.6) is 0 Å². The molecule has 162 valence electrons. The van der Waals surface area contributed by atoms with E-state index in [2.05, 4.69) is 25.6 Å². The van der Waals surface area contributed by atoms with Gasteiger partial charge in [-0.25, -0.2) is 20.4 Å². The van der Waals surface area contributed by atoms with Gasteiger partial charge in [0, 0.05) is 36.6 Å². The molecule has 0 saturated carbocycles. The molecule has 2 aromatic heterocycles. The third-order valence-corrected chi connectivity index (χ3v) is 4.17. The van der Waals surface area contributed by atoms with Crippen molar-refractivity contribution in [2.45, 2.75) is 19.0 Å². The van der Waals surface area contributed by atoms with Crippen molar-refractivity contribution in [3.05, 3.63) is 60.4 Å². The number of amides is 1. The first kappa shape index (κ1) is 22.0. The maximum absolute atomic E-state index is 12.9. The van der Waals surface area contributed by atoms with Crippen LogP contribution in [0.25, 0.3) is 11.3 Å². The number of hydroxylamine groups is 1. The number of carbonyl (C=O) groups is 1. The molecule has 0 saturated heterocycles. The Labute approximate surface area is 175 Å². The van der Waals surface area contributed by atoms with Crippen LogP contribution in [-0.4, -0.2) is 32.6 Å². The van der Waals surface area contributed by atoms with E-state index in [1.807, 2.05) is 0 Å². The summed E-state index contributed by atoms with van der Waals surface area (Å²) in [6.07, 6.45) is -0.696. The zero-order valence-corrected chi connectivity index (χ0v) is 16.1. The molecule has 0 radical (unpaired) electrons. The average Bonchev–Trinajstić information content (AvgIpc) is 2.76. The zero-order chi connectivity index (χ0) is 22.3. The molecule has 0 unspecified atom stereocenters. The zero-order valence-electron chi connectivity index (χ0n) is 16.1. The number of anilines is 3. The van der Waals surface area contributed by atoms with E-state index in [1.54, 1.807) is 29.9 Å². The predicted molar refractivity (Wildman–Crippen MR) is 108 cm³/mol. The van der Waals surface area contributed by atoms with Crippen molar-refractivity contribution in [3.63, 3.8) is 0 Å². The first-order valence-electron chi connectivity index (χ1n) is 9.26. The molecule has 0 fully saturated rings. The van der Waals surface area contributed by atoms with Gasteiger partial charge in [-0.15, -0.1) is 0 Å². The van der Waals surface area contributed by atoms with Gasteiger partial charge in [0.15, 0.2) is 0 Å². The van der Waals surface area contributed by atoms with Crippen LogP contribution in [-0.2, 0) is 11.0 Å². The molecule has 2 heterocycles. The van der Waals surface area contributed by atoms with E-state index in [1.165, 1.54) is 18.3 Å². The normalized spacial score (nSPS) is 11.1. The summed E-state index contributed by atoms with van der Waals surface area (Å²) in [5.41, 5.74) is 2.29. The van der Waals surface area contributed by atoms with Gasteiger partial charge in [-0.2, -0.15) is 13.2 Å². The molecule has 11 heteroatoms. The molecule has 0 aliphatic heterocycles. The highest BCUT2D eigenvalue weighted by atomic mass is 19.4. The minimum Gasteiger partial charge on any atom is -0.370 e. The molecule has 8 nitrogen and oxygen atoms in total. The van der Waals surface area contributed by atoms with Crippen LogP contribution >= 0.6 is 0 Å². The van der Waals surface area contributed by atoms with Gasteiger partial charge in [0.2, 0.25) is 11.9 Å². The highest BCUT2D eigenvalue weighted by Gasteiger charge is 2.30. The number of hydrogen-bond acceptors (Lipinski definition) is 7. The SMILES string of the molecule is O=C(CCCNc1cc(-c2ccnc(Nc3cccc(C(F)(F)F)c3)n2)ccn1)NO. The van der Waals surface area contributed by atoms with Crippen LogP contribution in [0.2, 0.25) is 0 Å². The maximum Gasteiger partial charge on any atom is 0.416 e. The van der Waals surface area contributed by atoms with Gasteiger partial charge in [-0.05, 0) is 42.8 Å². The number of nitrogens with zero attached hydrogens (tertiary/aromatic N) is 3. The Kier molecular flexibility index (Phi) is 6.98. The lowest BCUT2D eigenvalue weighted by Gasteiger charge is -2.11. The molecule has 1 amide bonds. The van der Waals surface area contributed by atoms with E-state index in [-0.39, 0.29) is 18.1 Å². The van der Waals surface area contributed by atoms with Gasteiger partial charge in [0.1, 0.15) is 5.82 Å². The predicted octanol–water partition coefficient (Wildman–Crippen LogP) is 4.00. The summed E-state index contributed by atoms with van der Waals surface area (Å²) < 4.78 is 38.7. The number of hydrogen-bond donors (Lipinski definition) is 4. The summed E-state index contributed by atoms with van der Waals surface area (Å²) in [6.45, 7) is 0.468. The lowest BCUT2D eigenvalue weighted by atomic mass is 10.2. The largest absolute Gasteiger partial charge is 0.416 e. The summed E-state index contributed by atoms with van der Waals surface area (Å²) >= 11 is 0. The average molecular weight is 432 g/mol. The van der Waals surface area contributed by atoms with Gasteiger partial charge in [0.05, 0.1) is 11.3 Å². The summed E-state index contributed by atoms with van der Waals surface area (Å²) in [5, 5.41) is 14.3. The molecule has 0 bridgehead atoms. The van der Waals surface area contributed by atoms with E-state index in [9.17, 15) is 18.0 Å². The van der Waals surface area contributed by atoms with Crippen LogP contribution in [0.4, 0.5) is 30.6 Å². The van der Waals surface area contributed by atoms with E-state index in [4.69, 9.17) is 5.21 Å². The topological polar surface area (TPSA) is 112 Å². The van der Waals surface area contributed by atoms with E-state index in [0.717, 1.165) is 17.7 Å². The number of benzene rings is 1. The summed E-state index contributed by atoms with van der Waals surface area (Å²) in [6, 6.07) is 9.94. The molecule has 0 atom stereocenters. The number of pyridine rings is 1. The number of halogens is 3. The molecule has 3 aromatic rings. The van der Waals surface area contributed by atoms with Crippen LogP contribution in [0.15, 0.2) is 54.9 Å².